The minimum absolute atomic E-state index is 0.348. The number of halogens is 1. The van der Waals surface area contributed by atoms with Crippen molar-refractivity contribution in [1.82, 2.24) is 0 Å². The van der Waals surface area contributed by atoms with Crippen LogP contribution < -0.4 is 0 Å². The van der Waals surface area contributed by atoms with Crippen LogP contribution in [0.25, 0.3) is 0 Å². The first-order valence-electron chi connectivity index (χ1n) is 6.53. The molecule has 0 N–H and O–H groups in total. The summed E-state index contributed by atoms with van der Waals surface area (Å²) in [6, 6.07) is 8.81. The van der Waals surface area contributed by atoms with Gasteiger partial charge in [0, 0.05) is 16.0 Å². The molecule has 0 radical (unpaired) electrons. The van der Waals surface area contributed by atoms with Gasteiger partial charge in [0.1, 0.15) is 0 Å². The smallest absolute Gasteiger partial charge is 0.0280 e. The fourth-order valence-electron chi connectivity index (χ4n) is 2.63. The molecule has 1 aliphatic heterocycles. The van der Waals surface area contributed by atoms with Gasteiger partial charge in [0.25, 0.3) is 0 Å². The quantitative estimate of drug-likeness (QED) is 0.667. The van der Waals surface area contributed by atoms with Gasteiger partial charge in [0.15, 0.2) is 0 Å². The van der Waals surface area contributed by atoms with Crippen molar-refractivity contribution in [2.24, 2.45) is 5.41 Å². The Hall–Kier alpha value is -0.140. The molecule has 1 aromatic rings. The minimum atomic E-state index is 0.348. The molecule has 0 spiro atoms. The average Bonchev–Trinajstić information content (AvgIpc) is 2.78. The lowest BCUT2D eigenvalue weighted by Crippen LogP contribution is -2.25. The number of hydrogen-bond acceptors (Lipinski definition) is 1. The monoisotopic (exact) mass is 268 g/mol. The highest BCUT2D eigenvalue weighted by Gasteiger charge is 2.32. The van der Waals surface area contributed by atoms with Crippen LogP contribution in [0.1, 0.15) is 38.7 Å². The highest BCUT2D eigenvalue weighted by atomic mass is 35.5. The second kappa shape index (κ2) is 5.67. The summed E-state index contributed by atoms with van der Waals surface area (Å²) in [5.41, 5.74) is 1.87. The SMILES string of the molecule is CCC(CC)(CCl)CC1Cc2ccccc2S1. The first-order valence-corrected chi connectivity index (χ1v) is 7.95. The van der Waals surface area contributed by atoms with Crippen LogP contribution in [0, 0.1) is 5.41 Å². The standard InChI is InChI=1S/C15H21ClS/c1-3-15(4-2,11-16)10-13-9-12-7-5-6-8-14(12)17-13/h5-8,13H,3-4,9-11H2,1-2H3. The molecule has 2 rings (SSSR count). The molecule has 1 unspecified atom stereocenters. The van der Waals surface area contributed by atoms with Crippen molar-refractivity contribution in [3.05, 3.63) is 29.8 Å². The summed E-state index contributed by atoms with van der Waals surface area (Å²) in [6.07, 6.45) is 4.86. The van der Waals surface area contributed by atoms with Gasteiger partial charge in [0.2, 0.25) is 0 Å². The third-order valence-corrected chi connectivity index (χ3v) is 6.04. The van der Waals surface area contributed by atoms with Crippen LogP contribution in [-0.4, -0.2) is 11.1 Å². The molecule has 0 saturated carbocycles. The van der Waals surface area contributed by atoms with Crippen molar-refractivity contribution < 1.29 is 0 Å². The van der Waals surface area contributed by atoms with Crippen molar-refractivity contribution in [3.8, 4) is 0 Å². The van der Waals surface area contributed by atoms with E-state index in [1.807, 2.05) is 0 Å². The maximum absolute atomic E-state index is 6.21. The summed E-state index contributed by atoms with van der Waals surface area (Å²) in [6.45, 7) is 4.55. The zero-order valence-corrected chi connectivity index (χ0v) is 12.3. The lowest BCUT2D eigenvalue weighted by Gasteiger charge is -2.31. The fraction of sp³-hybridized carbons (Fsp3) is 0.600. The molecule has 0 nitrogen and oxygen atoms in total. The average molecular weight is 269 g/mol. The molecule has 17 heavy (non-hydrogen) atoms. The van der Waals surface area contributed by atoms with E-state index in [4.69, 9.17) is 11.6 Å². The van der Waals surface area contributed by atoms with Gasteiger partial charge in [-0.15, -0.1) is 23.4 Å². The predicted molar refractivity (Wildman–Crippen MR) is 78.1 cm³/mol. The lowest BCUT2D eigenvalue weighted by atomic mass is 9.79. The molecule has 0 bridgehead atoms. The first-order chi connectivity index (χ1) is 8.23. The number of rotatable bonds is 5. The third kappa shape index (κ3) is 2.82. The molecular weight excluding hydrogens is 248 g/mol. The Morgan fingerprint density at radius 3 is 2.59 bits per heavy atom. The Labute approximate surface area is 114 Å². The number of alkyl halides is 1. The normalized spacial score (nSPS) is 19.4. The molecule has 1 atom stereocenters. The second-order valence-electron chi connectivity index (χ2n) is 5.10. The summed E-state index contributed by atoms with van der Waals surface area (Å²) in [5.74, 6) is 0.799. The third-order valence-electron chi connectivity index (χ3n) is 4.16. The minimum Gasteiger partial charge on any atom is -0.126 e. The molecule has 0 saturated heterocycles. The molecule has 1 aromatic carbocycles. The van der Waals surface area contributed by atoms with Crippen LogP contribution in [-0.2, 0) is 6.42 Å². The van der Waals surface area contributed by atoms with E-state index in [2.05, 4.69) is 49.9 Å². The van der Waals surface area contributed by atoms with Crippen molar-refractivity contribution in [2.75, 3.05) is 5.88 Å². The summed E-state index contributed by atoms with van der Waals surface area (Å²) >= 11 is 8.26. The van der Waals surface area contributed by atoms with Crippen LogP contribution in [0.15, 0.2) is 29.2 Å². The maximum Gasteiger partial charge on any atom is 0.0280 e. The first kappa shape index (κ1) is 13.3. The molecule has 94 valence electrons. The second-order valence-corrected chi connectivity index (χ2v) is 6.71. The van der Waals surface area contributed by atoms with E-state index in [9.17, 15) is 0 Å². The Kier molecular flexibility index (Phi) is 4.43. The van der Waals surface area contributed by atoms with Gasteiger partial charge in [0.05, 0.1) is 0 Å². The van der Waals surface area contributed by atoms with Crippen LogP contribution in [0.4, 0.5) is 0 Å². The maximum atomic E-state index is 6.21. The lowest BCUT2D eigenvalue weighted by molar-refractivity contribution is 0.276. The van der Waals surface area contributed by atoms with E-state index in [1.54, 1.807) is 0 Å². The zero-order valence-electron chi connectivity index (χ0n) is 10.7. The number of hydrogen-bond donors (Lipinski definition) is 0. The molecule has 0 aromatic heterocycles. The van der Waals surface area contributed by atoms with Gasteiger partial charge in [-0.3, -0.25) is 0 Å². The van der Waals surface area contributed by atoms with Gasteiger partial charge in [-0.1, -0.05) is 32.0 Å². The molecule has 0 aliphatic carbocycles. The van der Waals surface area contributed by atoms with Crippen LogP contribution in [0.5, 0.6) is 0 Å². The van der Waals surface area contributed by atoms with Crippen LogP contribution in [0.3, 0.4) is 0 Å². The largest absolute Gasteiger partial charge is 0.126 e. The summed E-state index contributed by atoms with van der Waals surface area (Å²) < 4.78 is 0. The number of benzene rings is 1. The van der Waals surface area contributed by atoms with Crippen LogP contribution in [0.2, 0.25) is 0 Å². The Morgan fingerprint density at radius 1 is 1.29 bits per heavy atom. The molecule has 2 heteroatoms. The number of thioether (sulfide) groups is 1. The van der Waals surface area contributed by atoms with Crippen molar-refractivity contribution in [3.63, 3.8) is 0 Å². The van der Waals surface area contributed by atoms with E-state index in [0.29, 0.717) is 5.41 Å². The zero-order chi connectivity index (χ0) is 12.3. The van der Waals surface area contributed by atoms with E-state index < -0.39 is 0 Å². The molecule has 1 heterocycles. The van der Waals surface area contributed by atoms with Gasteiger partial charge < -0.3 is 0 Å². The Bertz CT molecular complexity index is 338. The van der Waals surface area contributed by atoms with Crippen molar-refractivity contribution in [1.29, 1.82) is 0 Å². The van der Waals surface area contributed by atoms with Gasteiger partial charge in [-0.25, -0.2) is 0 Å². The molecular formula is C15H21ClS. The van der Waals surface area contributed by atoms with E-state index in [1.165, 1.54) is 36.1 Å². The topological polar surface area (TPSA) is 0 Å². The van der Waals surface area contributed by atoms with E-state index in [-0.39, 0.29) is 0 Å². The van der Waals surface area contributed by atoms with Crippen molar-refractivity contribution in [2.45, 2.75) is 49.7 Å². The van der Waals surface area contributed by atoms with Gasteiger partial charge >= 0.3 is 0 Å². The molecule has 0 fully saturated rings. The Balaban J connectivity index is 2.04. The summed E-state index contributed by atoms with van der Waals surface area (Å²) in [4.78, 5) is 1.48. The number of fused-ring (bicyclic) bond motifs is 1. The highest BCUT2D eigenvalue weighted by Crippen LogP contribution is 2.44. The molecule has 0 amide bonds. The van der Waals surface area contributed by atoms with Crippen LogP contribution >= 0.6 is 23.4 Å². The molecule has 1 aliphatic rings. The van der Waals surface area contributed by atoms with Gasteiger partial charge in [-0.05, 0) is 42.7 Å². The van der Waals surface area contributed by atoms with Gasteiger partial charge in [-0.2, -0.15) is 0 Å². The van der Waals surface area contributed by atoms with E-state index >= 15 is 0 Å². The highest BCUT2D eigenvalue weighted by molar-refractivity contribution is 8.00. The summed E-state index contributed by atoms with van der Waals surface area (Å²) in [5, 5.41) is 0.728. The van der Waals surface area contributed by atoms with E-state index in [0.717, 1.165) is 11.1 Å². The van der Waals surface area contributed by atoms with Crippen molar-refractivity contribution >= 4 is 23.4 Å². The predicted octanol–water partition coefficient (Wildman–Crippen LogP) is 5.14. The fourth-order valence-corrected chi connectivity index (χ4v) is 4.64. The summed E-state index contributed by atoms with van der Waals surface area (Å²) in [7, 11) is 0. The Morgan fingerprint density at radius 2 is 2.00 bits per heavy atom.